The van der Waals surface area contributed by atoms with Gasteiger partial charge in [0.2, 0.25) is 5.78 Å². The number of aromatic nitrogens is 2. The number of benzene rings is 2. The van der Waals surface area contributed by atoms with E-state index >= 15 is 0 Å². The highest BCUT2D eigenvalue weighted by Gasteiger charge is 2.25. The number of nitro groups is 1. The van der Waals surface area contributed by atoms with Gasteiger partial charge in [0.05, 0.1) is 14.7 Å². The van der Waals surface area contributed by atoms with Crippen LogP contribution < -0.4 is 0 Å². The van der Waals surface area contributed by atoms with Crippen molar-refractivity contribution in [3.8, 4) is 0 Å². The molecule has 0 N–H and O–H groups in total. The molecule has 0 fully saturated rings. The zero-order valence-corrected chi connectivity index (χ0v) is 16.6. The molecule has 0 radical (unpaired) electrons. The van der Waals surface area contributed by atoms with Crippen LogP contribution in [0, 0.1) is 13.7 Å². The highest BCUT2D eigenvalue weighted by molar-refractivity contribution is 14.1. The molecular weight excluding hydrogens is 469 g/mol. The van der Waals surface area contributed by atoms with Gasteiger partial charge in [-0.1, -0.05) is 29.8 Å². The molecule has 0 aliphatic rings. The zero-order chi connectivity index (χ0) is 18.8. The van der Waals surface area contributed by atoms with E-state index in [4.69, 9.17) is 11.6 Å². The molecule has 0 aliphatic carbocycles. The minimum Gasteiger partial charge on any atom is -0.287 e. The maximum atomic E-state index is 12.9. The smallest absolute Gasteiger partial charge is 0.280 e. The largest absolute Gasteiger partial charge is 0.287 e. The third-order valence-electron chi connectivity index (χ3n) is 3.91. The number of nitro benzene ring substituents is 1. The number of ketones is 1. The van der Waals surface area contributed by atoms with E-state index in [-0.39, 0.29) is 11.3 Å². The van der Waals surface area contributed by atoms with Crippen LogP contribution in [0.3, 0.4) is 0 Å². The predicted octanol–water partition coefficient (Wildman–Crippen LogP) is 4.41. The number of carbonyl (C=O) groups excluding carboxylic acids is 1. The standard InChI is InChI=1S/C18H13ClIN3O3/c1-22-17(15(20)10-21-22)18(24)14-9-12(5-6-16(14)23(25)26)7-11-3-2-4-13(19)8-11/h2-6,8-10H,7H2,1H3. The van der Waals surface area contributed by atoms with Crippen LogP contribution in [0.1, 0.15) is 27.2 Å². The van der Waals surface area contributed by atoms with Gasteiger partial charge in [-0.2, -0.15) is 5.10 Å². The molecule has 26 heavy (non-hydrogen) atoms. The lowest BCUT2D eigenvalue weighted by Gasteiger charge is -2.08. The van der Waals surface area contributed by atoms with Gasteiger partial charge in [-0.25, -0.2) is 0 Å². The molecule has 6 nitrogen and oxygen atoms in total. The van der Waals surface area contributed by atoms with Crippen molar-refractivity contribution >= 4 is 45.7 Å². The summed E-state index contributed by atoms with van der Waals surface area (Å²) in [6.07, 6.45) is 2.07. The molecular formula is C18H13ClIN3O3. The molecule has 0 aliphatic heterocycles. The summed E-state index contributed by atoms with van der Waals surface area (Å²) in [6.45, 7) is 0. The minimum absolute atomic E-state index is 0.0519. The molecule has 1 aromatic heterocycles. The summed E-state index contributed by atoms with van der Waals surface area (Å²) in [5.74, 6) is -0.422. The van der Waals surface area contributed by atoms with Gasteiger partial charge in [-0.15, -0.1) is 0 Å². The predicted molar refractivity (Wildman–Crippen MR) is 107 cm³/mol. The molecule has 0 unspecified atom stereocenters. The third kappa shape index (κ3) is 3.78. The lowest BCUT2D eigenvalue weighted by atomic mass is 9.98. The van der Waals surface area contributed by atoms with Gasteiger partial charge < -0.3 is 0 Å². The lowest BCUT2D eigenvalue weighted by molar-refractivity contribution is -0.385. The molecule has 2 aromatic carbocycles. The Morgan fingerprint density at radius 2 is 2.00 bits per heavy atom. The molecule has 1 heterocycles. The van der Waals surface area contributed by atoms with Crippen molar-refractivity contribution in [2.75, 3.05) is 0 Å². The van der Waals surface area contributed by atoms with E-state index in [1.165, 1.54) is 10.7 Å². The fourth-order valence-corrected chi connectivity index (χ4v) is 3.64. The van der Waals surface area contributed by atoms with Crippen LogP contribution in [0.2, 0.25) is 5.02 Å². The maximum absolute atomic E-state index is 12.9. The molecule has 0 amide bonds. The summed E-state index contributed by atoms with van der Waals surface area (Å²) in [7, 11) is 1.64. The first-order valence-electron chi connectivity index (χ1n) is 7.61. The van der Waals surface area contributed by atoms with Crippen molar-refractivity contribution in [2.24, 2.45) is 7.05 Å². The Morgan fingerprint density at radius 1 is 1.27 bits per heavy atom. The number of rotatable bonds is 5. The summed E-state index contributed by atoms with van der Waals surface area (Å²) in [5, 5.41) is 16.0. The second-order valence-corrected chi connectivity index (χ2v) is 7.31. The molecule has 0 bridgehead atoms. The monoisotopic (exact) mass is 481 g/mol. The number of hydrogen-bond acceptors (Lipinski definition) is 4. The summed E-state index contributed by atoms with van der Waals surface area (Å²) in [5.41, 5.74) is 1.91. The van der Waals surface area contributed by atoms with E-state index in [1.54, 1.807) is 31.4 Å². The summed E-state index contributed by atoms with van der Waals surface area (Å²) in [6, 6.07) is 12.0. The maximum Gasteiger partial charge on any atom is 0.280 e. The van der Waals surface area contributed by atoms with Crippen molar-refractivity contribution in [3.05, 3.63) is 89.8 Å². The van der Waals surface area contributed by atoms with Gasteiger partial charge in [0, 0.05) is 18.1 Å². The van der Waals surface area contributed by atoms with Gasteiger partial charge in [-0.05, 0) is 58.3 Å². The van der Waals surface area contributed by atoms with Crippen molar-refractivity contribution < 1.29 is 9.72 Å². The first-order chi connectivity index (χ1) is 12.4. The van der Waals surface area contributed by atoms with Crippen LogP contribution >= 0.6 is 34.2 Å². The van der Waals surface area contributed by atoms with E-state index in [1.807, 2.05) is 40.8 Å². The quantitative estimate of drug-likeness (QED) is 0.234. The van der Waals surface area contributed by atoms with Crippen LogP contribution in [0.4, 0.5) is 5.69 Å². The Hall–Kier alpha value is -2.26. The molecule has 8 heteroatoms. The van der Waals surface area contributed by atoms with E-state index in [2.05, 4.69) is 5.10 Å². The Morgan fingerprint density at radius 3 is 2.62 bits per heavy atom. The Labute approximate surface area is 168 Å². The minimum atomic E-state index is -0.542. The number of aryl methyl sites for hydroxylation is 1. The normalized spacial score (nSPS) is 10.7. The Kier molecular flexibility index (Phi) is 5.38. The van der Waals surface area contributed by atoms with Gasteiger partial charge >= 0.3 is 0 Å². The second-order valence-electron chi connectivity index (χ2n) is 5.71. The molecule has 0 spiro atoms. The van der Waals surface area contributed by atoms with Gasteiger partial charge in [-0.3, -0.25) is 19.6 Å². The molecule has 132 valence electrons. The average molecular weight is 482 g/mol. The van der Waals surface area contributed by atoms with Crippen LogP contribution in [-0.4, -0.2) is 20.5 Å². The van der Waals surface area contributed by atoms with E-state index in [0.717, 1.165) is 11.1 Å². The van der Waals surface area contributed by atoms with Crippen LogP contribution in [0.5, 0.6) is 0 Å². The molecule has 0 saturated heterocycles. The average Bonchev–Trinajstić information content (AvgIpc) is 2.92. The van der Waals surface area contributed by atoms with E-state index in [9.17, 15) is 14.9 Å². The zero-order valence-electron chi connectivity index (χ0n) is 13.6. The molecule has 3 rings (SSSR count). The van der Waals surface area contributed by atoms with Crippen molar-refractivity contribution in [1.82, 2.24) is 9.78 Å². The molecule has 3 aromatic rings. The number of hydrogen-bond donors (Lipinski definition) is 0. The lowest BCUT2D eigenvalue weighted by Crippen LogP contribution is -2.12. The Balaban J connectivity index is 2.05. The SMILES string of the molecule is Cn1ncc(I)c1C(=O)c1cc(Cc2cccc(Cl)c2)ccc1[N+](=O)[O-]. The number of carbonyl (C=O) groups is 1. The Bertz CT molecular complexity index is 997. The van der Waals surface area contributed by atoms with E-state index in [0.29, 0.717) is 20.7 Å². The highest BCUT2D eigenvalue weighted by atomic mass is 127. The van der Waals surface area contributed by atoms with Crippen molar-refractivity contribution in [1.29, 1.82) is 0 Å². The van der Waals surface area contributed by atoms with Crippen LogP contribution in [-0.2, 0) is 13.5 Å². The highest BCUT2D eigenvalue weighted by Crippen LogP contribution is 2.26. The topological polar surface area (TPSA) is 78.0 Å². The first-order valence-corrected chi connectivity index (χ1v) is 9.06. The second kappa shape index (κ2) is 7.55. The van der Waals surface area contributed by atoms with E-state index < -0.39 is 10.7 Å². The van der Waals surface area contributed by atoms with Crippen molar-refractivity contribution in [2.45, 2.75) is 6.42 Å². The number of nitrogens with zero attached hydrogens (tertiary/aromatic N) is 3. The fourth-order valence-electron chi connectivity index (χ4n) is 2.71. The summed E-state index contributed by atoms with van der Waals surface area (Å²) >= 11 is 8.00. The van der Waals surface area contributed by atoms with Gasteiger partial charge in [0.25, 0.3) is 5.69 Å². The number of halogens is 2. The van der Waals surface area contributed by atoms with Crippen molar-refractivity contribution in [3.63, 3.8) is 0 Å². The first kappa shape index (κ1) is 18.5. The van der Waals surface area contributed by atoms with Crippen LogP contribution in [0.15, 0.2) is 48.7 Å². The summed E-state index contributed by atoms with van der Waals surface area (Å²) < 4.78 is 2.07. The molecule has 0 saturated carbocycles. The third-order valence-corrected chi connectivity index (χ3v) is 4.93. The fraction of sp³-hybridized carbons (Fsp3) is 0.111. The van der Waals surface area contributed by atoms with Crippen LogP contribution in [0.25, 0.3) is 0 Å². The van der Waals surface area contributed by atoms with Gasteiger partial charge in [0.1, 0.15) is 11.3 Å². The molecule has 0 atom stereocenters. The summed E-state index contributed by atoms with van der Waals surface area (Å²) in [4.78, 5) is 23.8. The van der Waals surface area contributed by atoms with Gasteiger partial charge in [0.15, 0.2) is 0 Å².